The molecule has 0 aliphatic heterocycles. The second-order valence-corrected chi connectivity index (χ2v) is 4.57. The Morgan fingerprint density at radius 1 is 1.24 bits per heavy atom. The maximum Gasteiger partial charge on any atom is 0.190 e. The summed E-state index contributed by atoms with van der Waals surface area (Å²) in [6.07, 6.45) is 0. The largest absolute Gasteiger partial charge is 0.384 e. The molecule has 0 spiro atoms. The molecule has 2 N–H and O–H groups in total. The summed E-state index contributed by atoms with van der Waals surface area (Å²) in [5.74, 6) is 0.942. The number of aryl methyl sites for hydroxylation is 1. The average Bonchev–Trinajstić information content (AvgIpc) is 2.27. The van der Waals surface area contributed by atoms with E-state index in [4.69, 9.17) is 5.73 Å². The van der Waals surface area contributed by atoms with Gasteiger partial charge in [-0.05, 0) is 24.6 Å². The van der Waals surface area contributed by atoms with Gasteiger partial charge in [-0.1, -0.05) is 23.9 Å². The molecule has 3 nitrogen and oxygen atoms in total. The number of hydrogen-bond donors (Lipinski definition) is 1. The summed E-state index contributed by atoms with van der Waals surface area (Å²) < 4.78 is 12.7. The van der Waals surface area contributed by atoms with Crippen molar-refractivity contribution in [2.45, 2.75) is 17.8 Å². The van der Waals surface area contributed by atoms with Gasteiger partial charge in [0.05, 0.1) is 0 Å². The van der Waals surface area contributed by atoms with E-state index in [2.05, 4.69) is 9.97 Å². The normalized spacial score (nSPS) is 10.5. The molecule has 0 amide bonds. The van der Waals surface area contributed by atoms with Crippen LogP contribution in [0.15, 0.2) is 35.5 Å². The van der Waals surface area contributed by atoms with E-state index in [0.717, 1.165) is 11.3 Å². The smallest absolute Gasteiger partial charge is 0.190 e. The van der Waals surface area contributed by atoms with Crippen molar-refractivity contribution >= 4 is 17.6 Å². The first-order valence-corrected chi connectivity index (χ1v) is 6.10. The molecule has 88 valence electrons. The Labute approximate surface area is 103 Å². The van der Waals surface area contributed by atoms with Crippen LogP contribution in [0.25, 0.3) is 0 Å². The second-order valence-electron chi connectivity index (χ2n) is 3.63. The number of aromatic nitrogens is 2. The van der Waals surface area contributed by atoms with Crippen molar-refractivity contribution in [1.29, 1.82) is 0 Å². The third kappa shape index (κ3) is 3.42. The second kappa shape index (κ2) is 5.14. The zero-order chi connectivity index (χ0) is 12.3. The van der Waals surface area contributed by atoms with Crippen LogP contribution in [-0.4, -0.2) is 9.97 Å². The molecule has 0 bridgehead atoms. The highest BCUT2D eigenvalue weighted by Gasteiger charge is 2.02. The van der Waals surface area contributed by atoms with Crippen LogP contribution in [0.2, 0.25) is 0 Å². The van der Waals surface area contributed by atoms with E-state index in [9.17, 15) is 4.39 Å². The molecule has 1 aromatic heterocycles. The molecule has 0 aliphatic carbocycles. The standard InChI is InChI=1S/C12H12FN3S/c1-8-6-11(14)16-12(15-8)17-7-9-2-4-10(13)5-3-9/h2-6H,7H2,1H3,(H2,14,15,16). The minimum Gasteiger partial charge on any atom is -0.384 e. The number of nitrogens with zero attached hydrogens (tertiary/aromatic N) is 2. The quantitative estimate of drug-likeness (QED) is 0.671. The van der Waals surface area contributed by atoms with Crippen LogP contribution < -0.4 is 5.73 Å². The monoisotopic (exact) mass is 249 g/mol. The fourth-order valence-electron chi connectivity index (χ4n) is 1.36. The first-order chi connectivity index (χ1) is 8.13. The Kier molecular flexibility index (Phi) is 3.58. The number of hydrogen-bond acceptors (Lipinski definition) is 4. The molecule has 0 radical (unpaired) electrons. The first-order valence-electron chi connectivity index (χ1n) is 5.12. The average molecular weight is 249 g/mol. The molecular weight excluding hydrogens is 237 g/mol. The van der Waals surface area contributed by atoms with Crippen molar-refractivity contribution in [3.8, 4) is 0 Å². The van der Waals surface area contributed by atoms with Gasteiger partial charge in [-0.15, -0.1) is 0 Å². The Hall–Kier alpha value is -1.62. The summed E-state index contributed by atoms with van der Waals surface area (Å²) in [6, 6.07) is 8.12. The number of thioether (sulfide) groups is 1. The predicted octanol–water partition coefficient (Wildman–Crippen LogP) is 2.80. The molecular formula is C12H12FN3S. The Bertz CT molecular complexity index is 493. The lowest BCUT2D eigenvalue weighted by molar-refractivity contribution is 0.627. The lowest BCUT2D eigenvalue weighted by Gasteiger charge is -2.03. The van der Waals surface area contributed by atoms with Crippen LogP contribution in [-0.2, 0) is 5.75 Å². The van der Waals surface area contributed by atoms with Gasteiger partial charge in [0.2, 0.25) is 0 Å². The molecule has 0 saturated carbocycles. The Balaban J connectivity index is 2.04. The van der Waals surface area contributed by atoms with E-state index in [1.165, 1.54) is 23.9 Å². The van der Waals surface area contributed by atoms with Crippen molar-refractivity contribution in [3.63, 3.8) is 0 Å². The summed E-state index contributed by atoms with van der Waals surface area (Å²) >= 11 is 1.48. The van der Waals surface area contributed by atoms with Crippen LogP contribution in [0.3, 0.4) is 0 Å². The van der Waals surface area contributed by atoms with E-state index in [1.54, 1.807) is 18.2 Å². The number of nitrogen functional groups attached to an aromatic ring is 1. The van der Waals surface area contributed by atoms with Crippen LogP contribution in [0.1, 0.15) is 11.3 Å². The number of benzene rings is 1. The van der Waals surface area contributed by atoms with Crippen LogP contribution >= 0.6 is 11.8 Å². The van der Waals surface area contributed by atoms with Gasteiger partial charge in [-0.2, -0.15) is 0 Å². The van der Waals surface area contributed by atoms with E-state index < -0.39 is 0 Å². The molecule has 17 heavy (non-hydrogen) atoms. The predicted molar refractivity (Wildman–Crippen MR) is 67.1 cm³/mol. The van der Waals surface area contributed by atoms with Gasteiger partial charge in [0, 0.05) is 17.5 Å². The van der Waals surface area contributed by atoms with Crippen molar-refractivity contribution in [2.75, 3.05) is 5.73 Å². The van der Waals surface area contributed by atoms with Crippen molar-refractivity contribution in [1.82, 2.24) is 9.97 Å². The van der Waals surface area contributed by atoms with Gasteiger partial charge in [0.15, 0.2) is 5.16 Å². The van der Waals surface area contributed by atoms with E-state index in [0.29, 0.717) is 16.7 Å². The van der Waals surface area contributed by atoms with Crippen LogP contribution in [0.5, 0.6) is 0 Å². The summed E-state index contributed by atoms with van der Waals surface area (Å²) in [7, 11) is 0. The summed E-state index contributed by atoms with van der Waals surface area (Å²) in [4.78, 5) is 8.39. The molecule has 5 heteroatoms. The van der Waals surface area contributed by atoms with Crippen LogP contribution in [0.4, 0.5) is 10.2 Å². The van der Waals surface area contributed by atoms with E-state index >= 15 is 0 Å². The van der Waals surface area contributed by atoms with Gasteiger partial charge in [0.25, 0.3) is 0 Å². The van der Waals surface area contributed by atoms with Crippen LogP contribution in [0, 0.1) is 12.7 Å². The third-order valence-corrected chi connectivity index (χ3v) is 3.05. The molecule has 2 aromatic rings. The summed E-state index contributed by atoms with van der Waals surface area (Å²) in [6.45, 7) is 1.87. The molecule has 0 saturated heterocycles. The number of halogens is 1. The molecule has 1 aromatic carbocycles. The van der Waals surface area contributed by atoms with Crippen molar-refractivity contribution < 1.29 is 4.39 Å². The molecule has 2 rings (SSSR count). The van der Waals surface area contributed by atoms with Gasteiger partial charge >= 0.3 is 0 Å². The summed E-state index contributed by atoms with van der Waals surface area (Å²) in [5.41, 5.74) is 7.51. The highest BCUT2D eigenvalue weighted by atomic mass is 32.2. The SMILES string of the molecule is Cc1cc(N)nc(SCc2ccc(F)cc2)n1. The summed E-state index contributed by atoms with van der Waals surface area (Å²) in [5, 5.41) is 0.645. The minimum atomic E-state index is -0.227. The van der Waals surface area contributed by atoms with E-state index in [1.807, 2.05) is 6.92 Å². The number of rotatable bonds is 3. The molecule has 1 heterocycles. The molecule has 0 aliphatic rings. The molecule has 0 unspecified atom stereocenters. The first kappa shape index (κ1) is 11.9. The van der Waals surface area contributed by atoms with Gasteiger partial charge in [-0.3, -0.25) is 0 Å². The van der Waals surface area contributed by atoms with E-state index in [-0.39, 0.29) is 5.82 Å². The van der Waals surface area contributed by atoms with Crippen molar-refractivity contribution in [3.05, 3.63) is 47.4 Å². The molecule has 0 fully saturated rings. The highest BCUT2D eigenvalue weighted by molar-refractivity contribution is 7.98. The lowest BCUT2D eigenvalue weighted by atomic mass is 10.2. The Morgan fingerprint density at radius 2 is 1.94 bits per heavy atom. The fourth-order valence-corrected chi connectivity index (χ4v) is 2.22. The zero-order valence-electron chi connectivity index (χ0n) is 9.35. The van der Waals surface area contributed by atoms with Gasteiger partial charge in [0.1, 0.15) is 11.6 Å². The van der Waals surface area contributed by atoms with Gasteiger partial charge in [-0.25, -0.2) is 14.4 Å². The zero-order valence-corrected chi connectivity index (χ0v) is 10.2. The highest BCUT2D eigenvalue weighted by Crippen LogP contribution is 2.20. The maximum atomic E-state index is 12.7. The topological polar surface area (TPSA) is 51.8 Å². The van der Waals surface area contributed by atoms with Gasteiger partial charge < -0.3 is 5.73 Å². The Morgan fingerprint density at radius 3 is 2.59 bits per heavy atom. The lowest BCUT2D eigenvalue weighted by Crippen LogP contribution is -1.96. The minimum absolute atomic E-state index is 0.227. The fraction of sp³-hybridized carbons (Fsp3) is 0.167. The number of nitrogens with two attached hydrogens (primary N) is 1. The maximum absolute atomic E-state index is 12.7. The third-order valence-electron chi connectivity index (χ3n) is 2.13. The van der Waals surface area contributed by atoms with Crippen molar-refractivity contribution in [2.24, 2.45) is 0 Å². The number of anilines is 1. The molecule has 0 atom stereocenters.